The molecule has 138 valence electrons. The van der Waals surface area contributed by atoms with Crippen molar-refractivity contribution in [3.63, 3.8) is 0 Å². The number of rotatable bonds is 5. The average molecular weight is 360 g/mol. The molecule has 2 aromatic carbocycles. The summed E-state index contributed by atoms with van der Waals surface area (Å²) in [5.74, 6) is -2.03. The van der Waals surface area contributed by atoms with E-state index >= 15 is 0 Å². The van der Waals surface area contributed by atoms with E-state index < -0.39 is 17.5 Å². The Labute approximate surface area is 152 Å². The summed E-state index contributed by atoms with van der Waals surface area (Å²) in [6, 6.07) is 7.52. The average Bonchev–Trinajstić information content (AvgIpc) is 2.66. The van der Waals surface area contributed by atoms with Crippen molar-refractivity contribution in [2.24, 2.45) is 5.92 Å². The molecule has 4 heteroatoms. The van der Waals surface area contributed by atoms with Crippen LogP contribution >= 0.6 is 0 Å². The summed E-state index contributed by atoms with van der Waals surface area (Å²) in [7, 11) is 0. The Morgan fingerprint density at radius 1 is 1.00 bits per heavy atom. The minimum atomic E-state index is -1.09. The molecule has 1 fully saturated rings. The molecule has 2 aromatic rings. The highest BCUT2D eigenvalue weighted by Gasteiger charge is 2.23. The van der Waals surface area contributed by atoms with Gasteiger partial charge < -0.3 is 4.74 Å². The van der Waals surface area contributed by atoms with E-state index in [1.165, 1.54) is 18.2 Å². The molecule has 0 spiro atoms. The SMILES string of the molecule is C=CC1CCC(c2ccc(-c3ccc(OCC)c(F)c3F)c(F)c2)CC1. The van der Waals surface area contributed by atoms with Gasteiger partial charge in [-0.1, -0.05) is 18.2 Å². The first kappa shape index (κ1) is 18.6. The van der Waals surface area contributed by atoms with Crippen LogP contribution in [0.2, 0.25) is 0 Å². The van der Waals surface area contributed by atoms with Gasteiger partial charge in [0.05, 0.1) is 6.61 Å². The van der Waals surface area contributed by atoms with Gasteiger partial charge in [-0.15, -0.1) is 6.58 Å². The molecule has 1 aliphatic rings. The minimum absolute atomic E-state index is 0.0629. The predicted molar refractivity (Wildman–Crippen MR) is 97.8 cm³/mol. The Balaban J connectivity index is 1.87. The van der Waals surface area contributed by atoms with Gasteiger partial charge in [0.25, 0.3) is 0 Å². The van der Waals surface area contributed by atoms with Gasteiger partial charge in [-0.05, 0) is 68.2 Å². The van der Waals surface area contributed by atoms with Crippen LogP contribution in [-0.4, -0.2) is 6.61 Å². The van der Waals surface area contributed by atoms with Crippen LogP contribution in [0.3, 0.4) is 0 Å². The van der Waals surface area contributed by atoms with Crippen LogP contribution in [0.1, 0.15) is 44.1 Å². The molecule has 0 bridgehead atoms. The van der Waals surface area contributed by atoms with Crippen molar-refractivity contribution in [1.29, 1.82) is 0 Å². The highest BCUT2D eigenvalue weighted by atomic mass is 19.2. The van der Waals surface area contributed by atoms with E-state index in [1.807, 2.05) is 12.1 Å². The van der Waals surface area contributed by atoms with E-state index in [0.29, 0.717) is 11.8 Å². The van der Waals surface area contributed by atoms with Crippen LogP contribution < -0.4 is 4.74 Å². The Morgan fingerprint density at radius 2 is 1.69 bits per heavy atom. The first-order chi connectivity index (χ1) is 12.5. The number of halogens is 3. The summed E-state index contributed by atoms with van der Waals surface area (Å²) in [6.45, 7) is 5.76. The molecular formula is C22H23F3O. The third kappa shape index (κ3) is 3.64. The van der Waals surface area contributed by atoms with Crippen LogP contribution in [-0.2, 0) is 0 Å². The lowest BCUT2D eigenvalue weighted by molar-refractivity contribution is 0.314. The maximum Gasteiger partial charge on any atom is 0.201 e. The number of ether oxygens (including phenoxy) is 1. The lowest BCUT2D eigenvalue weighted by Crippen LogP contribution is -2.11. The summed E-state index contributed by atoms with van der Waals surface area (Å²) in [5.41, 5.74) is 0.888. The molecule has 0 aliphatic heterocycles. The monoisotopic (exact) mass is 360 g/mol. The largest absolute Gasteiger partial charge is 0.491 e. The zero-order valence-electron chi connectivity index (χ0n) is 14.9. The molecule has 0 heterocycles. The van der Waals surface area contributed by atoms with E-state index in [1.54, 1.807) is 13.0 Å². The highest BCUT2D eigenvalue weighted by molar-refractivity contribution is 5.66. The van der Waals surface area contributed by atoms with Crippen LogP contribution in [0.15, 0.2) is 43.0 Å². The van der Waals surface area contributed by atoms with Gasteiger partial charge in [-0.25, -0.2) is 8.78 Å². The molecule has 1 nitrogen and oxygen atoms in total. The van der Waals surface area contributed by atoms with E-state index in [4.69, 9.17) is 4.74 Å². The van der Waals surface area contributed by atoms with E-state index in [-0.39, 0.29) is 23.5 Å². The van der Waals surface area contributed by atoms with Crippen molar-refractivity contribution in [3.05, 3.63) is 66.0 Å². The number of allylic oxidation sites excluding steroid dienone is 1. The lowest BCUT2D eigenvalue weighted by atomic mass is 9.78. The molecule has 0 radical (unpaired) electrons. The van der Waals surface area contributed by atoms with Crippen molar-refractivity contribution < 1.29 is 17.9 Å². The van der Waals surface area contributed by atoms with Gasteiger partial charge in [-0.2, -0.15) is 4.39 Å². The van der Waals surface area contributed by atoms with Gasteiger partial charge >= 0.3 is 0 Å². The minimum Gasteiger partial charge on any atom is -0.491 e. The summed E-state index contributed by atoms with van der Waals surface area (Å²) >= 11 is 0. The summed E-state index contributed by atoms with van der Waals surface area (Å²) in [6.07, 6.45) is 6.07. The summed E-state index contributed by atoms with van der Waals surface area (Å²) in [4.78, 5) is 0. The lowest BCUT2D eigenvalue weighted by Gasteiger charge is -2.27. The molecule has 1 saturated carbocycles. The van der Waals surface area contributed by atoms with E-state index in [2.05, 4.69) is 6.58 Å². The van der Waals surface area contributed by atoms with Crippen LogP contribution in [0, 0.1) is 23.4 Å². The zero-order valence-corrected chi connectivity index (χ0v) is 14.9. The second kappa shape index (κ2) is 7.98. The number of hydrogen-bond donors (Lipinski definition) is 0. The van der Waals surface area contributed by atoms with Crippen LogP contribution in [0.4, 0.5) is 13.2 Å². The molecule has 0 atom stereocenters. The van der Waals surface area contributed by atoms with Crippen molar-refractivity contribution in [1.82, 2.24) is 0 Å². The standard InChI is InChI=1S/C22H23F3O/c1-3-14-5-7-15(8-6-14)16-9-10-17(19(23)13-16)18-11-12-20(26-4-2)22(25)21(18)24/h3,9-15H,1,4-8H2,2H3. The molecule has 1 aliphatic carbocycles. The molecule has 0 N–H and O–H groups in total. The fourth-order valence-corrected chi connectivity index (χ4v) is 3.70. The maximum atomic E-state index is 14.7. The summed E-state index contributed by atoms with van der Waals surface area (Å²) in [5, 5.41) is 0. The van der Waals surface area contributed by atoms with Crippen LogP contribution in [0.5, 0.6) is 5.75 Å². The summed E-state index contributed by atoms with van der Waals surface area (Å²) < 4.78 is 48.1. The number of hydrogen-bond acceptors (Lipinski definition) is 1. The highest BCUT2D eigenvalue weighted by Crippen LogP contribution is 2.38. The molecular weight excluding hydrogens is 337 g/mol. The number of benzene rings is 2. The topological polar surface area (TPSA) is 9.23 Å². The van der Waals surface area contributed by atoms with Crippen molar-refractivity contribution in [2.45, 2.75) is 38.5 Å². The maximum absolute atomic E-state index is 14.7. The predicted octanol–water partition coefficient (Wildman–Crippen LogP) is 6.63. The third-order valence-electron chi connectivity index (χ3n) is 5.21. The van der Waals surface area contributed by atoms with Crippen molar-refractivity contribution in [2.75, 3.05) is 6.61 Å². The van der Waals surface area contributed by atoms with Gasteiger partial charge in [0, 0.05) is 11.1 Å². The second-order valence-electron chi connectivity index (χ2n) is 6.76. The first-order valence-electron chi connectivity index (χ1n) is 9.08. The normalized spacial score (nSPS) is 20.0. The Kier molecular flexibility index (Phi) is 5.70. The molecule has 0 unspecified atom stereocenters. The Bertz CT molecular complexity index is 792. The van der Waals surface area contributed by atoms with Crippen molar-refractivity contribution in [3.8, 4) is 16.9 Å². The van der Waals surface area contributed by atoms with Crippen molar-refractivity contribution >= 4 is 0 Å². The molecule has 0 saturated heterocycles. The molecule has 0 amide bonds. The van der Waals surface area contributed by atoms with Gasteiger partial charge in [0.15, 0.2) is 11.6 Å². The zero-order chi connectivity index (χ0) is 18.7. The van der Waals surface area contributed by atoms with Gasteiger partial charge in [-0.3, -0.25) is 0 Å². The van der Waals surface area contributed by atoms with Gasteiger partial charge in [0.1, 0.15) is 5.82 Å². The fourth-order valence-electron chi connectivity index (χ4n) is 3.70. The Hall–Kier alpha value is -2.23. The van der Waals surface area contributed by atoms with E-state index in [0.717, 1.165) is 31.2 Å². The Morgan fingerprint density at radius 3 is 2.31 bits per heavy atom. The first-order valence-corrected chi connectivity index (χ1v) is 9.08. The second-order valence-corrected chi connectivity index (χ2v) is 6.76. The smallest absolute Gasteiger partial charge is 0.201 e. The molecule has 3 rings (SSSR count). The molecule has 0 aromatic heterocycles. The van der Waals surface area contributed by atoms with Crippen LogP contribution in [0.25, 0.3) is 11.1 Å². The fraction of sp³-hybridized carbons (Fsp3) is 0.364. The quantitative estimate of drug-likeness (QED) is 0.544. The third-order valence-corrected chi connectivity index (χ3v) is 5.21. The van der Waals surface area contributed by atoms with Gasteiger partial charge in [0.2, 0.25) is 5.82 Å². The van der Waals surface area contributed by atoms with E-state index in [9.17, 15) is 13.2 Å². The molecule has 26 heavy (non-hydrogen) atoms.